The number of benzene rings is 1. The second-order valence-electron chi connectivity index (χ2n) is 7.24. The molecule has 2 N–H and O–H groups in total. The van der Waals surface area contributed by atoms with Crippen molar-refractivity contribution in [2.45, 2.75) is 38.7 Å². The van der Waals surface area contributed by atoms with Gasteiger partial charge >= 0.3 is 6.11 Å². The lowest BCUT2D eigenvalue weighted by Crippen LogP contribution is -2.45. The molecule has 0 bridgehead atoms. The van der Waals surface area contributed by atoms with Crippen molar-refractivity contribution in [3.05, 3.63) is 54.2 Å². The molecular formula is C22H27F2N3O. The van der Waals surface area contributed by atoms with Gasteiger partial charge in [-0.25, -0.2) is 4.98 Å². The third kappa shape index (κ3) is 4.87. The van der Waals surface area contributed by atoms with E-state index < -0.39 is 6.11 Å². The molecule has 0 amide bonds. The molecule has 1 aliphatic rings. The topological polar surface area (TPSA) is 46.2 Å². The molecule has 1 unspecified atom stereocenters. The third-order valence-electron chi connectivity index (χ3n) is 5.01. The Morgan fingerprint density at radius 2 is 2.04 bits per heavy atom. The van der Waals surface area contributed by atoms with Crippen LogP contribution in [0.15, 0.2) is 43.1 Å². The highest BCUT2D eigenvalue weighted by molar-refractivity contribution is 5.67. The number of rotatable bonds is 9. The summed E-state index contributed by atoms with van der Waals surface area (Å²) in [5, 5.41) is 6.72. The van der Waals surface area contributed by atoms with Crippen molar-refractivity contribution in [3.8, 4) is 5.75 Å². The molecule has 0 aliphatic carbocycles. The maximum atomic E-state index is 13.0. The fourth-order valence-corrected chi connectivity index (χ4v) is 3.63. The van der Waals surface area contributed by atoms with E-state index in [1.807, 2.05) is 12.1 Å². The van der Waals surface area contributed by atoms with E-state index in [4.69, 9.17) is 0 Å². The molecule has 1 aromatic carbocycles. The second-order valence-corrected chi connectivity index (χ2v) is 7.24. The highest BCUT2D eigenvalue weighted by Crippen LogP contribution is 2.39. The lowest BCUT2D eigenvalue weighted by atomic mass is 9.78. The first-order chi connectivity index (χ1) is 13.4. The van der Waals surface area contributed by atoms with E-state index in [9.17, 15) is 8.78 Å². The Hall–Kier alpha value is -2.47. The van der Waals surface area contributed by atoms with Crippen LogP contribution in [0.1, 0.15) is 43.7 Å². The Morgan fingerprint density at radius 1 is 1.32 bits per heavy atom. The molecule has 150 valence electrons. The molecule has 1 aliphatic heterocycles. The number of pyridine rings is 1. The first-order valence-electron chi connectivity index (χ1n) is 9.67. The van der Waals surface area contributed by atoms with Crippen molar-refractivity contribution in [2.75, 3.05) is 18.4 Å². The molecule has 2 aromatic rings. The molecule has 28 heavy (non-hydrogen) atoms. The van der Waals surface area contributed by atoms with Gasteiger partial charge in [0, 0.05) is 24.4 Å². The Labute approximate surface area is 165 Å². The van der Waals surface area contributed by atoms with Crippen LogP contribution < -0.4 is 15.4 Å². The van der Waals surface area contributed by atoms with E-state index in [0.29, 0.717) is 11.8 Å². The lowest BCUT2D eigenvalue weighted by Gasteiger charge is -2.36. The number of nitrogens with one attached hydrogen (secondary N) is 2. The Balaban J connectivity index is 1.88. The summed E-state index contributed by atoms with van der Waals surface area (Å²) in [4.78, 5) is 4.58. The van der Waals surface area contributed by atoms with Crippen LogP contribution in [0.25, 0.3) is 6.08 Å². The van der Waals surface area contributed by atoms with Gasteiger partial charge in [0.2, 0.25) is 0 Å². The van der Waals surface area contributed by atoms with E-state index in [1.165, 1.54) is 17.7 Å². The summed E-state index contributed by atoms with van der Waals surface area (Å²) in [6, 6.07) is 8.47. The average Bonchev–Trinajstić information content (AvgIpc) is 2.60. The minimum absolute atomic E-state index is 0.121. The molecular weight excluding hydrogens is 360 g/mol. The fraction of sp³-hybridized carbons (Fsp3) is 0.409. The highest BCUT2D eigenvalue weighted by Gasteiger charge is 2.31. The molecule has 1 fully saturated rings. The number of hydrogen-bond acceptors (Lipinski definition) is 4. The molecule has 1 atom stereocenters. The van der Waals surface area contributed by atoms with Gasteiger partial charge in [-0.3, -0.25) is 0 Å². The molecule has 4 nitrogen and oxygen atoms in total. The summed E-state index contributed by atoms with van der Waals surface area (Å²) in [7, 11) is 0. The van der Waals surface area contributed by atoms with Gasteiger partial charge in [-0.15, -0.1) is 0 Å². The van der Waals surface area contributed by atoms with E-state index in [-0.39, 0.29) is 5.75 Å². The molecule has 0 spiro atoms. The molecule has 1 saturated heterocycles. The van der Waals surface area contributed by atoms with Crippen molar-refractivity contribution < 1.29 is 13.5 Å². The van der Waals surface area contributed by atoms with Crippen molar-refractivity contribution in [1.29, 1.82) is 0 Å². The zero-order chi connectivity index (χ0) is 20.1. The van der Waals surface area contributed by atoms with E-state index in [1.54, 1.807) is 18.3 Å². The monoisotopic (exact) mass is 387 g/mol. The van der Waals surface area contributed by atoms with Gasteiger partial charge in [-0.1, -0.05) is 26.0 Å². The second kappa shape index (κ2) is 8.69. The smallest absolute Gasteiger partial charge is 0.394 e. The fourth-order valence-electron chi connectivity index (χ4n) is 3.63. The van der Waals surface area contributed by atoms with Gasteiger partial charge in [0.1, 0.15) is 11.6 Å². The first kappa shape index (κ1) is 20.3. The predicted molar refractivity (Wildman–Crippen MR) is 109 cm³/mol. The predicted octanol–water partition coefficient (Wildman–Crippen LogP) is 5.56. The first-order valence-corrected chi connectivity index (χ1v) is 9.67. The van der Waals surface area contributed by atoms with Crippen LogP contribution >= 0.6 is 0 Å². The Morgan fingerprint density at radius 3 is 2.57 bits per heavy atom. The van der Waals surface area contributed by atoms with Crippen LogP contribution in [-0.4, -0.2) is 24.2 Å². The number of nitrogens with zero attached hydrogens (tertiary/aromatic N) is 1. The van der Waals surface area contributed by atoms with E-state index >= 15 is 0 Å². The number of alkyl halides is 2. The number of aromatic nitrogens is 1. The minimum Gasteiger partial charge on any atom is -0.433 e. The van der Waals surface area contributed by atoms with Gasteiger partial charge < -0.3 is 15.4 Å². The standard InChI is InChI=1S/C22H27F2N3O/c1-4-6-19(16-13-25-14-16)20-15(5-2)11-12-26-21(20)27-17-7-9-18(10-8-17)28-22(3,23)24/h5,7-12,16,19,25H,2,4,6,13-14H2,1,3H3,(H,26,27). The Kier molecular flexibility index (Phi) is 6.29. The van der Waals surface area contributed by atoms with Crippen molar-refractivity contribution >= 4 is 17.6 Å². The number of halogens is 2. The maximum Gasteiger partial charge on any atom is 0.394 e. The van der Waals surface area contributed by atoms with Crippen LogP contribution in [0.2, 0.25) is 0 Å². The summed E-state index contributed by atoms with van der Waals surface area (Å²) in [6.45, 7) is 8.90. The normalized spacial score (nSPS) is 15.6. The number of ether oxygens (including phenoxy) is 1. The summed E-state index contributed by atoms with van der Waals surface area (Å²) in [5.74, 6) is 1.87. The van der Waals surface area contributed by atoms with Crippen LogP contribution in [0.3, 0.4) is 0 Å². The maximum absolute atomic E-state index is 13.0. The van der Waals surface area contributed by atoms with Crippen LogP contribution in [0, 0.1) is 5.92 Å². The SMILES string of the molecule is C=Cc1ccnc(Nc2ccc(OC(C)(F)F)cc2)c1C(CCC)C1CNC1. The van der Waals surface area contributed by atoms with Gasteiger partial charge in [0.25, 0.3) is 0 Å². The summed E-state index contributed by atoms with van der Waals surface area (Å²) in [5.41, 5.74) is 3.02. The van der Waals surface area contributed by atoms with Gasteiger partial charge in [-0.05, 0) is 67.2 Å². The van der Waals surface area contributed by atoms with Crippen molar-refractivity contribution in [3.63, 3.8) is 0 Å². The van der Waals surface area contributed by atoms with E-state index in [0.717, 1.165) is 49.9 Å². The van der Waals surface area contributed by atoms with Crippen LogP contribution in [-0.2, 0) is 0 Å². The van der Waals surface area contributed by atoms with Gasteiger partial charge in [0.05, 0.1) is 0 Å². The quantitative estimate of drug-likeness (QED) is 0.591. The lowest BCUT2D eigenvalue weighted by molar-refractivity contribution is -0.158. The molecule has 3 rings (SSSR count). The summed E-state index contributed by atoms with van der Waals surface area (Å²) in [6.07, 6.45) is 2.60. The number of anilines is 2. The summed E-state index contributed by atoms with van der Waals surface area (Å²) < 4.78 is 30.6. The summed E-state index contributed by atoms with van der Waals surface area (Å²) >= 11 is 0. The minimum atomic E-state index is -3.20. The molecule has 2 heterocycles. The zero-order valence-corrected chi connectivity index (χ0v) is 16.3. The number of hydrogen-bond donors (Lipinski definition) is 2. The molecule has 0 saturated carbocycles. The van der Waals surface area contributed by atoms with Crippen LogP contribution in [0.4, 0.5) is 20.3 Å². The largest absolute Gasteiger partial charge is 0.433 e. The Bertz CT molecular complexity index is 798. The third-order valence-corrected chi connectivity index (χ3v) is 5.01. The average molecular weight is 387 g/mol. The van der Waals surface area contributed by atoms with Crippen molar-refractivity contribution in [1.82, 2.24) is 10.3 Å². The molecule has 0 radical (unpaired) electrons. The van der Waals surface area contributed by atoms with Gasteiger partial charge in [-0.2, -0.15) is 8.78 Å². The van der Waals surface area contributed by atoms with Crippen LogP contribution in [0.5, 0.6) is 5.75 Å². The van der Waals surface area contributed by atoms with Gasteiger partial charge in [0.15, 0.2) is 0 Å². The van der Waals surface area contributed by atoms with Crippen molar-refractivity contribution in [2.24, 2.45) is 5.92 Å². The molecule has 1 aromatic heterocycles. The van der Waals surface area contributed by atoms with E-state index in [2.05, 4.69) is 33.9 Å². The zero-order valence-electron chi connectivity index (χ0n) is 16.3. The highest BCUT2D eigenvalue weighted by atomic mass is 19.3. The molecule has 6 heteroatoms.